The molecule has 2 rings (SSSR count). The topological polar surface area (TPSA) is 73.4 Å². The van der Waals surface area contributed by atoms with Gasteiger partial charge in [0, 0.05) is 18.6 Å². The molecule has 0 aromatic heterocycles. The number of nitrogens with zero attached hydrogens (tertiary/aromatic N) is 3. The molecule has 2 saturated heterocycles. The van der Waals surface area contributed by atoms with Gasteiger partial charge in [0.2, 0.25) is 5.91 Å². The second kappa shape index (κ2) is 21.8. The first kappa shape index (κ1) is 38.0. The summed E-state index contributed by atoms with van der Waals surface area (Å²) in [6.45, 7) is 4.30. The third kappa shape index (κ3) is 17.0. The molecule has 0 aromatic rings. The Bertz CT molecular complexity index is 616. The van der Waals surface area contributed by atoms with Crippen LogP contribution >= 0.6 is 90.4 Å². The molecule has 0 aliphatic carbocycles. The molecule has 2 heterocycles. The number of amides is 1. The molecule has 2 aliphatic heterocycles. The van der Waals surface area contributed by atoms with Gasteiger partial charge in [0.05, 0.1) is 30.2 Å². The summed E-state index contributed by atoms with van der Waals surface area (Å²) in [6, 6.07) is 2.37. The predicted molar refractivity (Wildman–Crippen MR) is 165 cm³/mol. The zero-order valence-electron chi connectivity index (χ0n) is 19.1. The molecule has 0 saturated carbocycles. The number of primary amides is 1. The van der Waals surface area contributed by atoms with E-state index in [1.807, 2.05) is 23.9 Å². The number of nitrogens with two attached hydrogens (primary N) is 1. The van der Waals surface area contributed by atoms with Crippen LogP contribution in [0.1, 0.15) is 52.4 Å². The fourth-order valence-corrected chi connectivity index (χ4v) is 2.78. The number of rotatable bonds is 3. The Labute approximate surface area is 262 Å². The number of nitriles is 1. The molecule has 10 heteroatoms. The van der Waals surface area contributed by atoms with Crippen molar-refractivity contribution in [1.29, 1.82) is 5.26 Å². The number of carbonyl (C=O) groups excluding carboxylic acids is 1. The molecule has 0 aromatic carbocycles. The standard InChI is InChI=1S/C8H12N2O.C8H10N2.C3H5I3.C3H6I.V/c1-3-6-4-5-7(8(9)11)10(6)2;1-3-7-4-5-8(6-9)10(7)2;1-2-3(4,5)6;1-2-3-4;/h1,6-7H,4-5H2,2H3,(H2,9,11);1,7-8H,4-5H2,2H3;2H2,1H3;3H,2H2,1H3;/q;;;-1;/t6-,7-;7-,8-;;;/m00.../s1. The number of hydrogen-bond acceptors (Lipinski definition) is 4. The molecule has 4 atom stereocenters. The van der Waals surface area contributed by atoms with Crippen molar-refractivity contribution in [3.63, 3.8) is 0 Å². The van der Waals surface area contributed by atoms with Gasteiger partial charge >= 0.3 is 0 Å². The molecular weight excluding hydrogens is 895 g/mol. The van der Waals surface area contributed by atoms with Crippen LogP contribution in [-0.4, -0.2) is 53.4 Å². The number of likely N-dealkylation sites (N-methyl/N-ethyl adjacent to an activating group) is 1. The molecule has 0 bridgehead atoms. The fraction of sp³-hybridized carbons (Fsp3) is 0.682. The van der Waals surface area contributed by atoms with Crippen LogP contribution in [0.3, 0.4) is 0 Å². The van der Waals surface area contributed by atoms with Crippen LogP contribution in [0.2, 0.25) is 0 Å². The predicted octanol–water partition coefficient (Wildman–Crippen LogP) is 5.52. The van der Waals surface area contributed by atoms with Crippen LogP contribution in [0.4, 0.5) is 0 Å². The van der Waals surface area contributed by atoms with E-state index in [1.54, 1.807) is 0 Å². The van der Waals surface area contributed by atoms with Crippen LogP contribution in [0.25, 0.3) is 0 Å². The summed E-state index contributed by atoms with van der Waals surface area (Å²) in [5.41, 5.74) is 5.16. The normalized spacial score (nSPS) is 24.4. The summed E-state index contributed by atoms with van der Waals surface area (Å²) < 4.78 is 2.55. The van der Waals surface area contributed by atoms with Gasteiger partial charge < -0.3 is 28.3 Å². The Kier molecular flexibility index (Phi) is 25.9. The SMILES string of the molecule is C#C[C@H]1CC[C@@H](C#N)N1C.C#C[C@H]1CC[C@@H](C(N)=O)N1C.CCC(I)(I)I.CC[CH-]I.[V]. The Balaban J connectivity index is -0.000000371. The average molecular weight is 928 g/mol. The molecule has 1 radical (unpaired) electrons. The summed E-state index contributed by atoms with van der Waals surface area (Å²) in [7, 11) is 3.75. The second-order valence-corrected chi connectivity index (χ2v) is 19.5. The molecule has 2 N–H and O–H groups in total. The second-order valence-electron chi connectivity index (χ2n) is 6.94. The van der Waals surface area contributed by atoms with Gasteiger partial charge in [-0.15, -0.1) is 12.8 Å². The third-order valence-corrected chi connectivity index (χ3v) is 7.98. The first-order chi connectivity index (χ1) is 14.4. The van der Waals surface area contributed by atoms with Crippen molar-refractivity contribution in [3.8, 4) is 30.8 Å². The maximum Gasteiger partial charge on any atom is 0.234 e. The maximum absolute atomic E-state index is 10.8. The largest absolute Gasteiger partial charge is 0.368 e. The van der Waals surface area contributed by atoms with E-state index in [4.69, 9.17) is 23.8 Å². The molecule has 2 fully saturated rings. The van der Waals surface area contributed by atoms with E-state index in [9.17, 15) is 4.79 Å². The number of carbonyl (C=O) groups is 1. The van der Waals surface area contributed by atoms with E-state index >= 15 is 0 Å². The van der Waals surface area contributed by atoms with Crippen LogP contribution < -0.4 is 5.73 Å². The Morgan fingerprint density at radius 1 is 1.06 bits per heavy atom. The van der Waals surface area contributed by atoms with Crippen molar-refractivity contribution >= 4 is 96.3 Å². The zero-order chi connectivity index (χ0) is 24.6. The molecule has 181 valence electrons. The maximum atomic E-state index is 10.8. The van der Waals surface area contributed by atoms with E-state index in [0.29, 0.717) is -0.565 Å². The minimum Gasteiger partial charge on any atom is -0.368 e. The first-order valence-corrected chi connectivity index (χ1v) is 14.5. The molecule has 32 heavy (non-hydrogen) atoms. The summed E-state index contributed by atoms with van der Waals surface area (Å²) in [4.78, 5) is 14.6. The molecule has 1 amide bonds. The van der Waals surface area contributed by atoms with Crippen molar-refractivity contribution in [2.45, 2.75) is 76.0 Å². The van der Waals surface area contributed by atoms with E-state index < -0.39 is 0 Å². The van der Waals surface area contributed by atoms with Gasteiger partial charge in [-0.05, 0) is 46.2 Å². The summed E-state index contributed by atoms with van der Waals surface area (Å²) >= 11 is 9.47. The first-order valence-electron chi connectivity index (χ1n) is 9.97. The van der Waals surface area contributed by atoms with Gasteiger partial charge in [-0.1, -0.05) is 93.5 Å². The van der Waals surface area contributed by atoms with Crippen LogP contribution in [0, 0.1) is 40.4 Å². The van der Waals surface area contributed by atoms with E-state index in [1.165, 1.54) is 12.8 Å². The number of terminal acetylenes is 2. The van der Waals surface area contributed by atoms with E-state index in [-0.39, 0.29) is 48.6 Å². The van der Waals surface area contributed by atoms with Crippen molar-refractivity contribution in [2.75, 3.05) is 14.1 Å². The quantitative estimate of drug-likeness (QED) is 0.176. The average Bonchev–Trinajstić information content (AvgIpc) is 3.30. The Morgan fingerprint density at radius 3 is 1.62 bits per heavy atom. The van der Waals surface area contributed by atoms with Crippen molar-refractivity contribution in [3.05, 3.63) is 4.43 Å². The zero-order valence-corrected chi connectivity index (χ0v) is 29.1. The van der Waals surface area contributed by atoms with E-state index in [2.05, 4.69) is 127 Å². The number of alkyl halides is 3. The fourth-order valence-electron chi connectivity index (χ4n) is 2.78. The molecular formula is C22H33I4N4OV-. The molecule has 2 aliphatic rings. The minimum atomic E-state index is -0.273. The molecule has 0 unspecified atom stereocenters. The van der Waals surface area contributed by atoms with Gasteiger partial charge in [0.25, 0.3) is 0 Å². The van der Waals surface area contributed by atoms with Gasteiger partial charge in [-0.2, -0.15) is 11.7 Å². The Morgan fingerprint density at radius 2 is 1.44 bits per heavy atom. The van der Waals surface area contributed by atoms with Crippen LogP contribution in [0.15, 0.2) is 0 Å². The summed E-state index contributed by atoms with van der Waals surface area (Å²) in [5.74, 6) is 5.00. The molecule has 0 spiro atoms. The number of halogens is 4. The van der Waals surface area contributed by atoms with Crippen molar-refractivity contribution in [1.82, 2.24) is 9.80 Å². The van der Waals surface area contributed by atoms with Gasteiger partial charge in [0.15, 0.2) is 0 Å². The van der Waals surface area contributed by atoms with Crippen LogP contribution in [-0.2, 0) is 23.4 Å². The Hall–Kier alpha value is 1.50. The van der Waals surface area contributed by atoms with Crippen LogP contribution in [0.5, 0.6) is 0 Å². The van der Waals surface area contributed by atoms with Gasteiger partial charge in [-0.25, -0.2) is 0 Å². The van der Waals surface area contributed by atoms with Crippen molar-refractivity contribution < 1.29 is 23.4 Å². The van der Waals surface area contributed by atoms with Gasteiger partial charge in [0.1, 0.15) is -0.565 Å². The number of likely N-dealkylation sites (tertiary alicyclic amines) is 2. The van der Waals surface area contributed by atoms with Crippen molar-refractivity contribution in [2.24, 2.45) is 5.73 Å². The summed E-state index contributed by atoms with van der Waals surface area (Å²) in [6.07, 6.45) is 16.4. The molecule has 5 nitrogen and oxygen atoms in total. The van der Waals surface area contributed by atoms with Gasteiger partial charge in [-0.3, -0.25) is 19.0 Å². The third-order valence-electron chi connectivity index (χ3n) is 4.81. The van der Waals surface area contributed by atoms with E-state index in [0.717, 1.165) is 25.7 Å². The minimum absolute atomic E-state index is 0. The monoisotopic (exact) mass is 928 g/mol. The summed E-state index contributed by atoms with van der Waals surface area (Å²) in [5, 5.41) is 8.59. The smallest absolute Gasteiger partial charge is 0.234 e. The number of hydrogen-bond donors (Lipinski definition) is 1.